The average Bonchev–Trinajstić information content (AvgIpc) is 2.71. The van der Waals surface area contributed by atoms with Gasteiger partial charge in [-0.1, -0.05) is 10.6 Å². The van der Waals surface area contributed by atoms with Gasteiger partial charge in [0.2, 0.25) is 0 Å². The molecule has 0 spiro atoms. The minimum Gasteiger partial charge on any atom is -0.370 e. The third-order valence-corrected chi connectivity index (χ3v) is 3.44. The van der Waals surface area contributed by atoms with E-state index in [-0.39, 0.29) is 24.0 Å². The van der Waals surface area contributed by atoms with E-state index in [1.165, 1.54) is 22.7 Å². The van der Waals surface area contributed by atoms with Gasteiger partial charge in [-0.2, -0.15) is 0 Å². The molecule has 0 aliphatic rings. The number of nitrogens with zero attached hydrogens (tertiary/aromatic N) is 3. The number of nitrogens with one attached hydrogen (secondary N) is 1. The molecule has 0 unspecified atom stereocenters. The molecule has 0 radical (unpaired) electrons. The Balaban J connectivity index is 0.00000200. The SMILES string of the molecule is Cc1cc(C)cc(NC(N)=NCc2snnc2C)c1.I. The van der Waals surface area contributed by atoms with E-state index in [0.717, 1.165) is 16.3 Å². The summed E-state index contributed by atoms with van der Waals surface area (Å²) in [7, 11) is 0. The van der Waals surface area contributed by atoms with Gasteiger partial charge in [-0.3, -0.25) is 0 Å². The van der Waals surface area contributed by atoms with E-state index < -0.39 is 0 Å². The molecule has 0 saturated heterocycles. The molecule has 1 aromatic heterocycles. The Morgan fingerprint density at radius 1 is 1.25 bits per heavy atom. The van der Waals surface area contributed by atoms with Gasteiger partial charge >= 0.3 is 0 Å². The number of nitrogens with two attached hydrogens (primary N) is 1. The zero-order valence-electron chi connectivity index (χ0n) is 11.7. The molecule has 20 heavy (non-hydrogen) atoms. The van der Waals surface area contributed by atoms with Crippen molar-refractivity contribution in [1.29, 1.82) is 0 Å². The lowest BCUT2D eigenvalue weighted by Gasteiger charge is -2.07. The molecule has 1 aromatic carbocycles. The molecule has 108 valence electrons. The number of aliphatic imine (C=N–C) groups is 1. The number of rotatable bonds is 3. The zero-order chi connectivity index (χ0) is 13.8. The van der Waals surface area contributed by atoms with Crippen molar-refractivity contribution < 1.29 is 0 Å². The summed E-state index contributed by atoms with van der Waals surface area (Å²) in [5.41, 5.74) is 10.1. The number of anilines is 1. The van der Waals surface area contributed by atoms with E-state index in [0.29, 0.717) is 12.5 Å². The van der Waals surface area contributed by atoms with Gasteiger partial charge in [0.05, 0.1) is 17.1 Å². The summed E-state index contributed by atoms with van der Waals surface area (Å²) in [5.74, 6) is 0.401. The second-order valence-corrected chi connectivity index (χ2v) is 5.32. The Morgan fingerprint density at radius 2 is 1.90 bits per heavy atom. The first-order valence-electron chi connectivity index (χ1n) is 5.97. The van der Waals surface area contributed by atoms with Crippen LogP contribution in [0.2, 0.25) is 0 Å². The minimum absolute atomic E-state index is 0. The number of guanidine groups is 1. The van der Waals surface area contributed by atoms with Crippen molar-refractivity contribution >= 4 is 47.2 Å². The number of hydrogen-bond acceptors (Lipinski definition) is 4. The second kappa shape index (κ2) is 7.53. The standard InChI is InChI=1S/C13H17N5S.HI/c1-8-4-9(2)6-11(5-8)16-13(14)15-7-12-10(3)17-18-19-12;/h4-6H,7H2,1-3H3,(H3,14,15,16);1H. The maximum atomic E-state index is 5.88. The largest absolute Gasteiger partial charge is 0.370 e. The summed E-state index contributed by atoms with van der Waals surface area (Å²) in [6.07, 6.45) is 0. The summed E-state index contributed by atoms with van der Waals surface area (Å²) >= 11 is 1.35. The van der Waals surface area contributed by atoms with Gasteiger partial charge in [0.15, 0.2) is 5.96 Å². The molecule has 2 rings (SSSR count). The molecule has 3 N–H and O–H groups in total. The van der Waals surface area contributed by atoms with Crippen molar-refractivity contribution in [2.24, 2.45) is 10.7 Å². The predicted molar refractivity (Wildman–Crippen MR) is 94.9 cm³/mol. The van der Waals surface area contributed by atoms with Crippen LogP contribution in [-0.2, 0) is 6.54 Å². The lowest BCUT2D eigenvalue weighted by Crippen LogP contribution is -2.22. The predicted octanol–water partition coefficient (Wildman–Crippen LogP) is 3.01. The van der Waals surface area contributed by atoms with Crippen molar-refractivity contribution in [3.05, 3.63) is 39.9 Å². The third kappa shape index (κ3) is 4.71. The highest BCUT2D eigenvalue weighted by Crippen LogP contribution is 2.14. The van der Waals surface area contributed by atoms with E-state index >= 15 is 0 Å². The Bertz CT molecular complexity index is 588. The van der Waals surface area contributed by atoms with Gasteiger partial charge in [-0.25, -0.2) is 4.99 Å². The van der Waals surface area contributed by atoms with Crippen LogP contribution in [0.3, 0.4) is 0 Å². The lowest BCUT2D eigenvalue weighted by atomic mass is 10.1. The van der Waals surface area contributed by atoms with Gasteiger partial charge < -0.3 is 11.1 Å². The molecule has 7 heteroatoms. The number of aryl methyl sites for hydroxylation is 3. The summed E-state index contributed by atoms with van der Waals surface area (Å²) < 4.78 is 3.87. The fourth-order valence-corrected chi connectivity index (χ4v) is 2.34. The van der Waals surface area contributed by atoms with Crippen LogP contribution in [0.25, 0.3) is 0 Å². The molecule has 2 aromatic rings. The second-order valence-electron chi connectivity index (χ2n) is 4.48. The Labute approximate surface area is 139 Å². The number of halogens is 1. The van der Waals surface area contributed by atoms with Crippen LogP contribution < -0.4 is 11.1 Å². The number of hydrogen-bond donors (Lipinski definition) is 2. The van der Waals surface area contributed by atoms with Gasteiger partial charge in [-0.05, 0) is 55.6 Å². The molecule has 0 fully saturated rings. The first-order chi connectivity index (χ1) is 9.04. The number of aromatic nitrogens is 2. The monoisotopic (exact) mass is 403 g/mol. The summed E-state index contributed by atoms with van der Waals surface area (Å²) in [5, 5.41) is 7.04. The maximum Gasteiger partial charge on any atom is 0.193 e. The molecule has 0 amide bonds. The smallest absolute Gasteiger partial charge is 0.193 e. The van der Waals surface area contributed by atoms with Crippen molar-refractivity contribution in [3.8, 4) is 0 Å². The van der Waals surface area contributed by atoms with Crippen molar-refractivity contribution in [3.63, 3.8) is 0 Å². The molecule has 0 aliphatic heterocycles. The van der Waals surface area contributed by atoms with Gasteiger partial charge in [0.1, 0.15) is 0 Å². The first-order valence-corrected chi connectivity index (χ1v) is 6.75. The molecule has 1 heterocycles. The summed E-state index contributed by atoms with van der Waals surface area (Å²) in [6, 6.07) is 6.19. The van der Waals surface area contributed by atoms with E-state index in [9.17, 15) is 0 Å². The third-order valence-electron chi connectivity index (χ3n) is 2.63. The van der Waals surface area contributed by atoms with Crippen LogP contribution in [0.15, 0.2) is 23.2 Å². The Morgan fingerprint density at radius 3 is 2.45 bits per heavy atom. The minimum atomic E-state index is 0. The van der Waals surface area contributed by atoms with Gasteiger partial charge in [0, 0.05) is 5.69 Å². The molecular formula is C13H18IN5S. The normalized spacial score (nSPS) is 11.1. The van der Waals surface area contributed by atoms with Gasteiger partial charge in [-0.15, -0.1) is 29.1 Å². The Hall–Kier alpha value is -1.22. The molecule has 0 atom stereocenters. The van der Waals surface area contributed by atoms with Crippen molar-refractivity contribution in [1.82, 2.24) is 9.59 Å². The van der Waals surface area contributed by atoms with Crippen LogP contribution in [0, 0.1) is 20.8 Å². The highest BCUT2D eigenvalue weighted by molar-refractivity contribution is 14.0. The quantitative estimate of drug-likeness (QED) is 0.469. The Kier molecular flexibility index (Phi) is 6.34. The highest BCUT2D eigenvalue weighted by Gasteiger charge is 2.02. The topological polar surface area (TPSA) is 76.2 Å². The van der Waals surface area contributed by atoms with Crippen LogP contribution in [-0.4, -0.2) is 15.5 Å². The lowest BCUT2D eigenvalue weighted by molar-refractivity contribution is 1.02. The summed E-state index contributed by atoms with van der Waals surface area (Å²) in [6.45, 7) is 6.53. The van der Waals surface area contributed by atoms with Crippen LogP contribution >= 0.6 is 35.5 Å². The van der Waals surface area contributed by atoms with Gasteiger partial charge in [0.25, 0.3) is 0 Å². The number of benzene rings is 1. The molecule has 0 aliphatic carbocycles. The first kappa shape index (κ1) is 16.8. The van der Waals surface area contributed by atoms with E-state index in [2.05, 4.69) is 39.8 Å². The zero-order valence-corrected chi connectivity index (χ0v) is 14.8. The average molecular weight is 403 g/mol. The molecule has 0 saturated carbocycles. The van der Waals surface area contributed by atoms with Crippen molar-refractivity contribution in [2.75, 3.05) is 5.32 Å². The fraction of sp³-hybridized carbons (Fsp3) is 0.308. The van der Waals surface area contributed by atoms with E-state index in [1.54, 1.807) is 0 Å². The van der Waals surface area contributed by atoms with Crippen LogP contribution in [0.5, 0.6) is 0 Å². The highest BCUT2D eigenvalue weighted by atomic mass is 127. The van der Waals surface area contributed by atoms with Crippen LogP contribution in [0.1, 0.15) is 21.7 Å². The fourth-order valence-electron chi connectivity index (χ4n) is 1.79. The molecule has 5 nitrogen and oxygen atoms in total. The summed E-state index contributed by atoms with van der Waals surface area (Å²) in [4.78, 5) is 5.33. The van der Waals surface area contributed by atoms with Crippen LogP contribution in [0.4, 0.5) is 5.69 Å². The maximum absolute atomic E-state index is 5.88. The molecular weight excluding hydrogens is 385 g/mol. The van der Waals surface area contributed by atoms with Crippen molar-refractivity contribution in [2.45, 2.75) is 27.3 Å². The van der Waals surface area contributed by atoms with E-state index in [1.807, 2.05) is 19.1 Å². The molecule has 0 bridgehead atoms. The van der Waals surface area contributed by atoms with E-state index in [4.69, 9.17) is 5.73 Å².